The van der Waals surface area contributed by atoms with E-state index in [1.54, 1.807) is 0 Å². The molecule has 0 amide bonds. The van der Waals surface area contributed by atoms with Crippen LogP contribution in [0.2, 0.25) is 0 Å². The summed E-state index contributed by atoms with van der Waals surface area (Å²) in [5, 5.41) is 0. The zero-order valence-electron chi connectivity index (χ0n) is 13.6. The van der Waals surface area contributed by atoms with E-state index in [0.717, 1.165) is 12.8 Å². The standard InChI is InChI=1S/C17H33NO3/c1-2-3-4-5-6-7-8-9-10-11-14-21-17(20)13-12-16(18)15-19/h15-16H,2-14,18H2,1H3. The number of ether oxygens (including phenoxy) is 1. The van der Waals surface area contributed by atoms with Crippen molar-refractivity contribution in [2.24, 2.45) is 5.73 Å². The molecule has 0 aromatic heterocycles. The van der Waals surface area contributed by atoms with Crippen molar-refractivity contribution in [1.29, 1.82) is 0 Å². The van der Waals surface area contributed by atoms with Gasteiger partial charge in [-0.05, 0) is 12.8 Å². The summed E-state index contributed by atoms with van der Waals surface area (Å²) in [5.74, 6) is -0.247. The van der Waals surface area contributed by atoms with Crippen molar-refractivity contribution in [3.8, 4) is 0 Å². The highest BCUT2D eigenvalue weighted by Crippen LogP contribution is 2.10. The van der Waals surface area contributed by atoms with Crippen molar-refractivity contribution in [2.45, 2.75) is 90.0 Å². The first-order valence-electron chi connectivity index (χ1n) is 8.57. The van der Waals surface area contributed by atoms with E-state index in [1.165, 1.54) is 51.4 Å². The number of hydrogen-bond donors (Lipinski definition) is 1. The van der Waals surface area contributed by atoms with E-state index in [2.05, 4.69) is 6.92 Å². The van der Waals surface area contributed by atoms with E-state index in [-0.39, 0.29) is 12.4 Å². The smallest absolute Gasteiger partial charge is 0.305 e. The highest BCUT2D eigenvalue weighted by Gasteiger charge is 2.06. The second kappa shape index (κ2) is 15.5. The van der Waals surface area contributed by atoms with Crippen LogP contribution in [0.3, 0.4) is 0 Å². The number of unbranched alkanes of at least 4 members (excludes halogenated alkanes) is 9. The number of aldehydes is 1. The van der Waals surface area contributed by atoms with Gasteiger partial charge in [0.25, 0.3) is 0 Å². The summed E-state index contributed by atoms with van der Waals surface area (Å²) in [5.41, 5.74) is 5.41. The summed E-state index contributed by atoms with van der Waals surface area (Å²) in [6, 6.07) is -0.546. The van der Waals surface area contributed by atoms with Crippen molar-refractivity contribution < 1.29 is 14.3 Å². The summed E-state index contributed by atoms with van der Waals surface area (Å²) in [7, 11) is 0. The topological polar surface area (TPSA) is 69.4 Å². The van der Waals surface area contributed by atoms with Gasteiger partial charge in [-0.15, -0.1) is 0 Å². The molecule has 0 radical (unpaired) electrons. The van der Waals surface area contributed by atoms with E-state index >= 15 is 0 Å². The van der Waals surface area contributed by atoms with E-state index in [1.807, 2.05) is 0 Å². The van der Waals surface area contributed by atoms with Crippen molar-refractivity contribution in [1.82, 2.24) is 0 Å². The second-order valence-electron chi connectivity index (χ2n) is 5.74. The minimum Gasteiger partial charge on any atom is -0.466 e. The third-order valence-corrected chi connectivity index (χ3v) is 3.62. The molecule has 0 rings (SSSR count). The predicted molar refractivity (Wildman–Crippen MR) is 86.1 cm³/mol. The average molecular weight is 299 g/mol. The van der Waals surface area contributed by atoms with E-state index in [9.17, 15) is 9.59 Å². The first kappa shape index (κ1) is 20.1. The van der Waals surface area contributed by atoms with E-state index in [0.29, 0.717) is 19.3 Å². The first-order chi connectivity index (χ1) is 10.2. The van der Waals surface area contributed by atoms with Crippen molar-refractivity contribution in [3.63, 3.8) is 0 Å². The molecule has 2 N–H and O–H groups in total. The summed E-state index contributed by atoms with van der Waals surface area (Å²) in [6.07, 6.45) is 13.9. The summed E-state index contributed by atoms with van der Waals surface area (Å²) in [4.78, 5) is 21.6. The molecule has 1 unspecified atom stereocenters. The maximum Gasteiger partial charge on any atom is 0.305 e. The Morgan fingerprint density at radius 1 is 1.00 bits per heavy atom. The zero-order chi connectivity index (χ0) is 15.8. The van der Waals surface area contributed by atoms with Gasteiger partial charge in [0.15, 0.2) is 0 Å². The SMILES string of the molecule is CCCCCCCCCCCCOC(=O)CCC(N)C=O. The molecular formula is C17H33NO3. The maximum absolute atomic E-state index is 11.3. The quantitative estimate of drug-likeness (QED) is 0.284. The third kappa shape index (κ3) is 15.3. The van der Waals surface area contributed by atoms with Gasteiger partial charge in [-0.3, -0.25) is 4.79 Å². The molecule has 0 aromatic rings. The molecular weight excluding hydrogens is 266 g/mol. The molecule has 0 spiro atoms. The predicted octanol–water partition coefficient (Wildman–Crippen LogP) is 3.76. The van der Waals surface area contributed by atoms with Crippen LogP contribution in [0, 0.1) is 0 Å². The van der Waals surface area contributed by atoms with Crippen LogP contribution < -0.4 is 5.73 Å². The Morgan fingerprint density at radius 3 is 2.05 bits per heavy atom. The number of nitrogens with two attached hydrogens (primary N) is 1. The summed E-state index contributed by atoms with van der Waals surface area (Å²) >= 11 is 0. The Balaban J connectivity index is 3.17. The Morgan fingerprint density at radius 2 is 1.52 bits per heavy atom. The van der Waals surface area contributed by atoms with Crippen LogP contribution in [0.4, 0.5) is 0 Å². The molecule has 4 heteroatoms. The Labute approximate surface area is 129 Å². The Kier molecular flexibility index (Phi) is 14.8. The van der Waals surface area contributed by atoms with Crippen LogP contribution in [0.5, 0.6) is 0 Å². The monoisotopic (exact) mass is 299 g/mol. The van der Waals surface area contributed by atoms with Crippen LogP contribution in [0.25, 0.3) is 0 Å². The van der Waals surface area contributed by atoms with Crippen LogP contribution in [-0.4, -0.2) is 24.9 Å². The highest BCUT2D eigenvalue weighted by atomic mass is 16.5. The number of rotatable bonds is 15. The van der Waals surface area contributed by atoms with Crippen LogP contribution >= 0.6 is 0 Å². The number of carbonyl (C=O) groups is 2. The van der Waals surface area contributed by atoms with Gasteiger partial charge in [0.05, 0.1) is 12.6 Å². The molecule has 0 aromatic carbocycles. The van der Waals surface area contributed by atoms with Gasteiger partial charge in [-0.2, -0.15) is 0 Å². The number of carbonyl (C=O) groups excluding carboxylic acids is 2. The molecule has 0 aliphatic heterocycles. The lowest BCUT2D eigenvalue weighted by molar-refractivity contribution is -0.143. The van der Waals surface area contributed by atoms with Crippen LogP contribution in [0.1, 0.15) is 84.0 Å². The molecule has 4 nitrogen and oxygen atoms in total. The Hall–Kier alpha value is -0.900. The fraction of sp³-hybridized carbons (Fsp3) is 0.882. The zero-order valence-corrected chi connectivity index (χ0v) is 13.6. The van der Waals surface area contributed by atoms with Crippen LogP contribution in [-0.2, 0) is 14.3 Å². The highest BCUT2D eigenvalue weighted by molar-refractivity contribution is 5.70. The Bertz CT molecular complexity index is 256. The number of esters is 1. The molecule has 0 saturated carbocycles. The lowest BCUT2D eigenvalue weighted by atomic mass is 10.1. The lowest BCUT2D eigenvalue weighted by Gasteiger charge is -2.06. The maximum atomic E-state index is 11.3. The second-order valence-corrected chi connectivity index (χ2v) is 5.74. The fourth-order valence-corrected chi connectivity index (χ4v) is 2.20. The number of hydrogen-bond acceptors (Lipinski definition) is 4. The molecule has 1 atom stereocenters. The third-order valence-electron chi connectivity index (χ3n) is 3.62. The van der Waals surface area contributed by atoms with Crippen molar-refractivity contribution in [3.05, 3.63) is 0 Å². The molecule has 0 fully saturated rings. The normalized spacial score (nSPS) is 12.1. The van der Waals surface area contributed by atoms with Crippen LogP contribution in [0.15, 0.2) is 0 Å². The van der Waals surface area contributed by atoms with Gasteiger partial charge < -0.3 is 15.3 Å². The molecule has 0 aliphatic carbocycles. The van der Waals surface area contributed by atoms with E-state index in [4.69, 9.17) is 10.5 Å². The van der Waals surface area contributed by atoms with Gasteiger partial charge in [-0.25, -0.2) is 0 Å². The summed E-state index contributed by atoms with van der Waals surface area (Å²) in [6.45, 7) is 2.73. The largest absolute Gasteiger partial charge is 0.466 e. The first-order valence-corrected chi connectivity index (χ1v) is 8.57. The van der Waals surface area contributed by atoms with Gasteiger partial charge in [0, 0.05) is 6.42 Å². The van der Waals surface area contributed by atoms with Gasteiger partial charge in [0.2, 0.25) is 0 Å². The van der Waals surface area contributed by atoms with Crippen molar-refractivity contribution >= 4 is 12.3 Å². The average Bonchev–Trinajstić information content (AvgIpc) is 2.50. The molecule has 0 bridgehead atoms. The van der Waals surface area contributed by atoms with Gasteiger partial charge in [-0.1, -0.05) is 64.7 Å². The van der Waals surface area contributed by atoms with Crippen molar-refractivity contribution in [2.75, 3.05) is 6.61 Å². The minimum atomic E-state index is -0.546. The fourth-order valence-electron chi connectivity index (χ4n) is 2.20. The molecule has 21 heavy (non-hydrogen) atoms. The molecule has 0 saturated heterocycles. The van der Waals surface area contributed by atoms with Gasteiger partial charge in [0.1, 0.15) is 6.29 Å². The van der Waals surface area contributed by atoms with E-state index < -0.39 is 6.04 Å². The lowest BCUT2D eigenvalue weighted by Crippen LogP contribution is -2.22. The minimum absolute atomic E-state index is 0.234. The summed E-state index contributed by atoms with van der Waals surface area (Å²) < 4.78 is 5.10. The molecule has 124 valence electrons. The molecule has 0 aliphatic rings. The molecule has 0 heterocycles. The van der Waals surface area contributed by atoms with Gasteiger partial charge >= 0.3 is 5.97 Å².